The van der Waals surface area contributed by atoms with Crippen molar-refractivity contribution in [1.29, 1.82) is 0 Å². The molecule has 1 N–H and O–H groups in total. The highest BCUT2D eigenvalue weighted by Gasteiger charge is 2.18. The number of benzene rings is 2. The molecule has 0 aliphatic carbocycles. The van der Waals surface area contributed by atoms with Gasteiger partial charge in [-0.1, -0.05) is 70.0 Å². The molecule has 0 spiro atoms. The van der Waals surface area contributed by atoms with Gasteiger partial charge >= 0.3 is 0 Å². The van der Waals surface area contributed by atoms with Crippen LogP contribution in [-0.4, -0.2) is 16.1 Å². The van der Waals surface area contributed by atoms with Gasteiger partial charge in [0.1, 0.15) is 11.5 Å². The van der Waals surface area contributed by atoms with E-state index in [1.54, 1.807) is 31.2 Å². The first-order valence-corrected chi connectivity index (χ1v) is 11.9. The number of amides is 1. The smallest absolute Gasteiger partial charge is 0.261 e. The number of aryl methyl sites for hydroxylation is 1. The van der Waals surface area contributed by atoms with Gasteiger partial charge in [-0.3, -0.25) is 10.1 Å². The molecule has 0 saturated heterocycles. The molecule has 0 bridgehead atoms. The zero-order valence-corrected chi connectivity index (χ0v) is 19.9. The molecule has 0 fully saturated rings. The third kappa shape index (κ3) is 5.61. The molecule has 0 atom stereocenters. The maximum atomic E-state index is 12.7. The number of anilines is 1. The van der Waals surface area contributed by atoms with E-state index in [0.29, 0.717) is 42.8 Å². The van der Waals surface area contributed by atoms with Crippen molar-refractivity contribution in [2.24, 2.45) is 0 Å². The molecule has 1 amide bonds. The summed E-state index contributed by atoms with van der Waals surface area (Å²) in [5, 5.41) is 13.0. The van der Waals surface area contributed by atoms with Crippen LogP contribution in [0.25, 0.3) is 11.3 Å². The number of hydrogen-bond acceptors (Lipinski definition) is 6. The number of carbonyl (C=O) groups excluding carboxylic acids is 1. The van der Waals surface area contributed by atoms with Crippen molar-refractivity contribution >= 4 is 68.9 Å². The van der Waals surface area contributed by atoms with E-state index in [1.807, 2.05) is 24.3 Å². The highest BCUT2D eigenvalue weighted by molar-refractivity contribution is 8.00. The summed E-state index contributed by atoms with van der Waals surface area (Å²) >= 11 is 20.9. The lowest BCUT2D eigenvalue weighted by atomic mass is 10.1. The van der Waals surface area contributed by atoms with Gasteiger partial charge in [-0.05, 0) is 48.9 Å². The lowest BCUT2D eigenvalue weighted by Gasteiger charge is -1.99. The van der Waals surface area contributed by atoms with E-state index in [1.165, 1.54) is 23.1 Å². The summed E-state index contributed by atoms with van der Waals surface area (Å²) < 4.78 is 6.50. The summed E-state index contributed by atoms with van der Waals surface area (Å²) in [6.45, 7) is 1.72. The molecule has 0 radical (unpaired) electrons. The van der Waals surface area contributed by atoms with E-state index in [9.17, 15) is 4.79 Å². The Bertz CT molecular complexity index is 1220. The average molecular weight is 511 g/mol. The lowest BCUT2D eigenvalue weighted by Crippen LogP contribution is -2.11. The maximum Gasteiger partial charge on any atom is 0.261 e. The Morgan fingerprint density at radius 1 is 1.03 bits per heavy atom. The second-order valence-corrected chi connectivity index (χ2v) is 9.99. The largest absolute Gasteiger partial charge is 0.461 e. The highest BCUT2D eigenvalue weighted by Crippen LogP contribution is 2.32. The molecular weight excluding hydrogens is 497 g/mol. The predicted molar refractivity (Wildman–Crippen MR) is 128 cm³/mol. The van der Waals surface area contributed by atoms with E-state index in [2.05, 4.69) is 15.5 Å². The van der Waals surface area contributed by atoms with E-state index in [0.717, 1.165) is 15.7 Å². The average Bonchev–Trinajstić information content (AvgIpc) is 3.33. The van der Waals surface area contributed by atoms with Gasteiger partial charge in [0, 0.05) is 26.4 Å². The topological polar surface area (TPSA) is 68.0 Å². The highest BCUT2D eigenvalue weighted by atomic mass is 35.5. The van der Waals surface area contributed by atoms with Gasteiger partial charge in [0.2, 0.25) is 5.13 Å². The van der Waals surface area contributed by atoms with Crippen LogP contribution in [0.2, 0.25) is 15.1 Å². The zero-order chi connectivity index (χ0) is 22.0. The van der Waals surface area contributed by atoms with Crippen LogP contribution >= 0.6 is 57.9 Å². The van der Waals surface area contributed by atoms with Gasteiger partial charge in [0.25, 0.3) is 5.91 Å². The monoisotopic (exact) mass is 509 g/mol. The molecular formula is C21H14Cl3N3O2S2. The van der Waals surface area contributed by atoms with Gasteiger partial charge in [-0.2, -0.15) is 0 Å². The van der Waals surface area contributed by atoms with E-state index >= 15 is 0 Å². The van der Waals surface area contributed by atoms with Crippen molar-refractivity contribution in [3.8, 4) is 11.3 Å². The van der Waals surface area contributed by atoms with Crippen molar-refractivity contribution in [2.45, 2.75) is 17.0 Å². The fraction of sp³-hybridized carbons (Fsp3) is 0.0952. The minimum absolute atomic E-state index is 0.328. The van der Waals surface area contributed by atoms with Gasteiger partial charge in [0.15, 0.2) is 4.34 Å². The third-order valence-corrected chi connectivity index (χ3v) is 6.94. The summed E-state index contributed by atoms with van der Waals surface area (Å²) in [5.74, 6) is 1.38. The van der Waals surface area contributed by atoms with Crippen LogP contribution in [0.3, 0.4) is 0 Å². The molecule has 31 heavy (non-hydrogen) atoms. The van der Waals surface area contributed by atoms with Crippen LogP contribution in [0.5, 0.6) is 0 Å². The number of carbonyl (C=O) groups is 1. The Kier molecular flexibility index (Phi) is 6.89. The Balaban J connectivity index is 1.43. The Hall–Kier alpha value is -2.03. The van der Waals surface area contributed by atoms with Gasteiger partial charge < -0.3 is 4.42 Å². The molecule has 0 aliphatic heterocycles. The number of aromatic nitrogens is 2. The maximum absolute atomic E-state index is 12.7. The zero-order valence-electron chi connectivity index (χ0n) is 16.0. The van der Waals surface area contributed by atoms with Crippen LogP contribution < -0.4 is 5.32 Å². The standard InChI is InChI=1S/C21H14Cl3N3O2S2/c1-11-17(9-18(29-11)13-6-15(23)8-16(24)7-13)19(28)25-20-26-27-21(31-20)30-10-12-2-4-14(22)5-3-12/h2-9H,10H2,1H3,(H,25,26,28). The SMILES string of the molecule is Cc1oc(-c2cc(Cl)cc(Cl)c2)cc1C(=O)Nc1nnc(SCc2ccc(Cl)cc2)s1. The fourth-order valence-corrected chi connectivity index (χ4v) is 5.11. The number of halogens is 3. The van der Waals surface area contributed by atoms with Crippen molar-refractivity contribution in [3.63, 3.8) is 0 Å². The number of thioether (sulfide) groups is 1. The second-order valence-electron chi connectivity index (χ2n) is 6.48. The molecule has 2 aromatic heterocycles. The van der Waals surface area contributed by atoms with Gasteiger partial charge in [-0.15, -0.1) is 10.2 Å². The van der Waals surface area contributed by atoms with E-state index < -0.39 is 0 Å². The third-order valence-electron chi connectivity index (χ3n) is 4.21. The molecule has 4 rings (SSSR count). The quantitative estimate of drug-likeness (QED) is 0.213. The minimum atomic E-state index is -0.328. The number of rotatable bonds is 6. The number of nitrogens with one attached hydrogen (secondary N) is 1. The van der Waals surface area contributed by atoms with Crippen LogP contribution in [0.4, 0.5) is 5.13 Å². The molecule has 0 unspecified atom stereocenters. The van der Waals surface area contributed by atoms with Crippen molar-refractivity contribution in [1.82, 2.24) is 10.2 Å². The first-order valence-electron chi connectivity index (χ1n) is 8.96. The summed E-state index contributed by atoms with van der Waals surface area (Å²) in [7, 11) is 0. The first kappa shape index (κ1) is 22.2. The van der Waals surface area contributed by atoms with Crippen molar-refractivity contribution in [2.75, 3.05) is 5.32 Å². The van der Waals surface area contributed by atoms with Crippen LogP contribution in [0.1, 0.15) is 21.7 Å². The Labute approximate surface area is 201 Å². The van der Waals surface area contributed by atoms with Crippen LogP contribution in [0, 0.1) is 6.92 Å². The molecule has 0 aliphatic rings. The lowest BCUT2D eigenvalue weighted by molar-refractivity contribution is 0.102. The molecule has 2 aromatic carbocycles. The normalized spacial score (nSPS) is 11.0. The molecule has 2 heterocycles. The molecule has 4 aromatic rings. The molecule has 5 nitrogen and oxygen atoms in total. The van der Waals surface area contributed by atoms with Crippen molar-refractivity contribution < 1.29 is 9.21 Å². The van der Waals surface area contributed by atoms with Gasteiger partial charge in [-0.25, -0.2) is 0 Å². The first-order chi connectivity index (χ1) is 14.9. The summed E-state index contributed by atoms with van der Waals surface area (Å²) in [6, 6.07) is 14.4. The van der Waals surface area contributed by atoms with Crippen molar-refractivity contribution in [3.05, 3.63) is 80.5 Å². The van der Waals surface area contributed by atoms with E-state index in [4.69, 9.17) is 39.2 Å². The number of furan rings is 1. The number of nitrogens with zero attached hydrogens (tertiary/aromatic N) is 2. The second kappa shape index (κ2) is 9.63. The Morgan fingerprint density at radius 3 is 2.45 bits per heavy atom. The Morgan fingerprint density at radius 2 is 1.74 bits per heavy atom. The van der Waals surface area contributed by atoms with E-state index in [-0.39, 0.29) is 5.91 Å². The van der Waals surface area contributed by atoms with Gasteiger partial charge in [0.05, 0.1) is 5.56 Å². The predicted octanol–water partition coefficient (Wildman–Crippen LogP) is 7.61. The fourth-order valence-electron chi connectivity index (χ4n) is 2.75. The number of hydrogen-bond donors (Lipinski definition) is 1. The van der Waals surface area contributed by atoms with Crippen LogP contribution in [0.15, 0.2) is 57.3 Å². The molecule has 10 heteroatoms. The molecule has 158 valence electrons. The molecule has 0 saturated carbocycles. The summed E-state index contributed by atoms with van der Waals surface area (Å²) in [4.78, 5) is 12.7. The summed E-state index contributed by atoms with van der Waals surface area (Å²) in [5.41, 5.74) is 2.21. The minimum Gasteiger partial charge on any atom is -0.461 e. The summed E-state index contributed by atoms with van der Waals surface area (Å²) in [6.07, 6.45) is 0. The van der Waals surface area contributed by atoms with Crippen LogP contribution in [-0.2, 0) is 5.75 Å².